The van der Waals surface area contributed by atoms with Crippen molar-refractivity contribution in [3.8, 4) is 0 Å². The first-order chi connectivity index (χ1) is 9.22. The van der Waals surface area contributed by atoms with E-state index in [4.69, 9.17) is 11.1 Å². The molecule has 19 heavy (non-hydrogen) atoms. The summed E-state index contributed by atoms with van der Waals surface area (Å²) in [5, 5.41) is 7.56. The van der Waals surface area contributed by atoms with Crippen molar-refractivity contribution in [2.45, 2.75) is 13.5 Å². The molecule has 0 fully saturated rings. The average Bonchev–Trinajstić information content (AvgIpc) is 2.46. The number of nitrogens with two attached hydrogens (primary N) is 1. The zero-order chi connectivity index (χ0) is 13.7. The Bertz CT molecular complexity index is 554. The van der Waals surface area contributed by atoms with Crippen LogP contribution in [0.1, 0.15) is 18.2 Å². The van der Waals surface area contributed by atoms with Gasteiger partial charge in [-0.05, 0) is 24.6 Å². The Balaban J connectivity index is 2.30. The maximum Gasteiger partial charge on any atom is 0.158 e. The smallest absolute Gasteiger partial charge is 0.158 e. The standard InChI is InChI=1S/C13H16N6/c1-2-19(9-10-3-5-16-6-4-10)13-11(12(14)15)17-7-8-18-13/h3-8H,2,9H2,1H3,(H3,14,15). The highest BCUT2D eigenvalue weighted by molar-refractivity contribution is 5.97. The van der Waals surface area contributed by atoms with Gasteiger partial charge in [-0.1, -0.05) is 0 Å². The molecule has 98 valence electrons. The molecule has 6 heteroatoms. The third kappa shape index (κ3) is 3.04. The molecule has 2 aromatic rings. The van der Waals surface area contributed by atoms with Gasteiger partial charge in [0, 0.05) is 37.9 Å². The lowest BCUT2D eigenvalue weighted by molar-refractivity contribution is 0.805. The number of hydrogen-bond donors (Lipinski definition) is 2. The summed E-state index contributed by atoms with van der Waals surface area (Å²) in [6.07, 6.45) is 6.66. The number of nitrogens with zero attached hydrogens (tertiary/aromatic N) is 4. The van der Waals surface area contributed by atoms with E-state index in [0.29, 0.717) is 18.1 Å². The quantitative estimate of drug-likeness (QED) is 0.619. The molecule has 0 unspecified atom stereocenters. The fourth-order valence-electron chi connectivity index (χ4n) is 1.80. The first-order valence-electron chi connectivity index (χ1n) is 6.01. The lowest BCUT2D eigenvalue weighted by Gasteiger charge is -2.23. The molecule has 0 amide bonds. The van der Waals surface area contributed by atoms with Gasteiger partial charge in [0.1, 0.15) is 11.5 Å². The third-order valence-electron chi connectivity index (χ3n) is 2.74. The van der Waals surface area contributed by atoms with Crippen LogP contribution in [0, 0.1) is 5.41 Å². The molecule has 0 spiro atoms. The van der Waals surface area contributed by atoms with Crippen LogP contribution in [0.5, 0.6) is 0 Å². The van der Waals surface area contributed by atoms with Crippen molar-refractivity contribution in [3.63, 3.8) is 0 Å². The number of nitrogen functional groups attached to an aromatic ring is 1. The molecule has 0 atom stereocenters. The van der Waals surface area contributed by atoms with E-state index in [2.05, 4.69) is 15.0 Å². The first kappa shape index (κ1) is 12.9. The molecule has 0 aromatic carbocycles. The van der Waals surface area contributed by atoms with Crippen LogP contribution < -0.4 is 10.6 Å². The molecule has 0 aliphatic rings. The van der Waals surface area contributed by atoms with Crippen molar-refractivity contribution >= 4 is 11.7 Å². The summed E-state index contributed by atoms with van der Waals surface area (Å²) in [6.45, 7) is 3.46. The molecule has 0 radical (unpaired) electrons. The van der Waals surface area contributed by atoms with Crippen molar-refractivity contribution in [1.82, 2.24) is 15.0 Å². The number of anilines is 1. The Morgan fingerprint density at radius 1 is 1.21 bits per heavy atom. The second-order valence-electron chi connectivity index (χ2n) is 4.01. The second-order valence-corrected chi connectivity index (χ2v) is 4.01. The predicted octanol–water partition coefficient (Wildman–Crippen LogP) is 1.18. The predicted molar refractivity (Wildman–Crippen MR) is 74.0 cm³/mol. The van der Waals surface area contributed by atoms with Gasteiger partial charge in [-0.15, -0.1) is 0 Å². The number of nitrogens with one attached hydrogen (secondary N) is 1. The van der Waals surface area contributed by atoms with Gasteiger partial charge < -0.3 is 10.6 Å². The van der Waals surface area contributed by atoms with Gasteiger partial charge in [-0.2, -0.15) is 0 Å². The van der Waals surface area contributed by atoms with Crippen molar-refractivity contribution in [2.75, 3.05) is 11.4 Å². The van der Waals surface area contributed by atoms with Crippen molar-refractivity contribution < 1.29 is 0 Å². The number of amidine groups is 1. The van der Waals surface area contributed by atoms with Gasteiger partial charge in [0.25, 0.3) is 0 Å². The minimum atomic E-state index is -0.0729. The first-order valence-corrected chi connectivity index (χ1v) is 6.01. The van der Waals surface area contributed by atoms with Crippen LogP contribution in [-0.2, 0) is 6.54 Å². The fraction of sp³-hybridized carbons (Fsp3) is 0.231. The van der Waals surface area contributed by atoms with E-state index in [1.54, 1.807) is 24.8 Å². The van der Waals surface area contributed by atoms with Crippen LogP contribution in [0.3, 0.4) is 0 Å². The van der Waals surface area contributed by atoms with Gasteiger partial charge >= 0.3 is 0 Å². The number of aromatic nitrogens is 3. The van der Waals surface area contributed by atoms with Crippen LogP contribution in [0.4, 0.5) is 5.82 Å². The van der Waals surface area contributed by atoms with Crippen molar-refractivity contribution in [1.29, 1.82) is 5.41 Å². The minimum absolute atomic E-state index is 0.0729. The summed E-state index contributed by atoms with van der Waals surface area (Å²) in [5.41, 5.74) is 7.08. The lowest BCUT2D eigenvalue weighted by atomic mass is 10.2. The highest BCUT2D eigenvalue weighted by Gasteiger charge is 2.14. The topological polar surface area (TPSA) is 91.8 Å². The third-order valence-corrected chi connectivity index (χ3v) is 2.74. The van der Waals surface area contributed by atoms with E-state index in [0.717, 1.165) is 12.1 Å². The number of hydrogen-bond acceptors (Lipinski definition) is 5. The molecule has 3 N–H and O–H groups in total. The Labute approximate surface area is 111 Å². The molecule has 2 aromatic heterocycles. The molecular formula is C13H16N6. The van der Waals surface area contributed by atoms with Crippen molar-refractivity contribution in [3.05, 3.63) is 48.2 Å². The average molecular weight is 256 g/mol. The second kappa shape index (κ2) is 5.90. The zero-order valence-corrected chi connectivity index (χ0v) is 10.7. The van der Waals surface area contributed by atoms with Crippen LogP contribution >= 0.6 is 0 Å². The monoisotopic (exact) mass is 256 g/mol. The maximum absolute atomic E-state index is 7.56. The van der Waals surface area contributed by atoms with Crippen molar-refractivity contribution in [2.24, 2.45) is 5.73 Å². The Morgan fingerprint density at radius 3 is 2.53 bits per heavy atom. The maximum atomic E-state index is 7.56. The summed E-state index contributed by atoms with van der Waals surface area (Å²) in [5.74, 6) is 0.561. The summed E-state index contributed by atoms with van der Waals surface area (Å²) in [7, 11) is 0. The highest BCUT2D eigenvalue weighted by Crippen LogP contribution is 2.16. The minimum Gasteiger partial charge on any atom is -0.382 e. The molecule has 0 saturated carbocycles. The van der Waals surface area contributed by atoms with E-state index in [9.17, 15) is 0 Å². The molecular weight excluding hydrogens is 240 g/mol. The van der Waals surface area contributed by atoms with Gasteiger partial charge in [0.15, 0.2) is 5.82 Å². The summed E-state index contributed by atoms with van der Waals surface area (Å²) in [4.78, 5) is 14.4. The van der Waals surface area contributed by atoms with Gasteiger partial charge in [-0.25, -0.2) is 9.97 Å². The number of rotatable bonds is 5. The fourth-order valence-corrected chi connectivity index (χ4v) is 1.80. The Kier molecular flexibility index (Phi) is 4.02. The Hall–Kier alpha value is -2.50. The van der Waals surface area contributed by atoms with Gasteiger partial charge in [-0.3, -0.25) is 10.4 Å². The lowest BCUT2D eigenvalue weighted by Crippen LogP contribution is -2.27. The molecule has 2 heterocycles. The summed E-state index contributed by atoms with van der Waals surface area (Å²) < 4.78 is 0. The van der Waals surface area contributed by atoms with E-state index in [1.807, 2.05) is 24.0 Å². The van der Waals surface area contributed by atoms with Crippen LogP contribution in [0.2, 0.25) is 0 Å². The zero-order valence-electron chi connectivity index (χ0n) is 10.7. The SMILES string of the molecule is CCN(Cc1ccncc1)c1nccnc1C(=N)N. The summed E-state index contributed by atoms with van der Waals surface area (Å²) in [6, 6.07) is 3.90. The highest BCUT2D eigenvalue weighted by atomic mass is 15.2. The van der Waals surface area contributed by atoms with E-state index in [1.165, 1.54) is 0 Å². The van der Waals surface area contributed by atoms with Crippen LogP contribution in [0.25, 0.3) is 0 Å². The molecule has 0 bridgehead atoms. The van der Waals surface area contributed by atoms with E-state index >= 15 is 0 Å². The Morgan fingerprint density at radius 2 is 1.89 bits per heavy atom. The van der Waals surface area contributed by atoms with Crippen LogP contribution in [0.15, 0.2) is 36.9 Å². The molecule has 0 saturated heterocycles. The van der Waals surface area contributed by atoms with Crippen LogP contribution in [-0.4, -0.2) is 27.3 Å². The number of pyridine rings is 1. The van der Waals surface area contributed by atoms with E-state index in [-0.39, 0.29) is 5.84 Å². The largest absolute Gasteiger partial charge is 0.382 e. The molecule has 0 aliphatic heterocycles. The molecule has 6 nitrogen and oxygen atoms in total. The summed E-state index contributed by atoms with van der Waals surface area (Å²) >= 11 is 0. The van der Waals surface area contributed by atoms with E-state index < -0.39 is 0 Å². The molecule has 2 rings (SSSR count). The normalized spacial score (nSPS) is 10.2. The van der Waals surface area contributed by atoms with Gasteiger partial charge in [0.05, 0.1) is 0 Å². The van der Waals surface area contributed by atoms with Gasteiger partial charge in [0.2, 0.25) is 0 Å². The molecule has 0 aliphatic carbocycles.